The third kappa shape index (κ3) is 4.14. The molecule has 5 nitrogen and oxygen atoms in total. The van der Waals surface area contributed by atoms with E-state index in [9.17, 15) is 8.78 Å². The minimum atomic E-state index is -2.83. The molecule has 0 unspecified atom stereocenters. The van der Waals surface area contributed by atoms with Crippen molar-refractivity contribution in [3.63, 3.8) is 0 Å². The van der Waals surface area contributed by atoms with Gasteiger partial charge in [-0.05, 0) is 59.2 Å². The predicted octanol–water partition coefficient (Wildman–Crippen LogP) is 4.17. The molecule has 130 valence electrons. The maximum atomic E-state index is 12.3. The quantitative estimate of drug-likeness (QED) is 0.616. The molecule has 0 saturated heterocycles. The first-order valence-corrected chi connectivity index (χ1v) is 8.54. The maximum absolute atomic E-state index is 12.3. The molecular weight excluding hydrogens is 346 g/mol. The van der Waals surface area contributed by atoms with Crippen LogP contribution >= 0.6 is 11.8 Å². The van der Waals surface area contributed by atoms with Gasteiger partial charge in [-0.25, -0.2) is 0 Å². The highest BCUT2D eigenvalue weighted by Gasteiger charge is 2.12. The monoisotopic (exact) mass is 362 g/mol. The van der Waals surface area contributed by atoms with Crippen LogP contribution in [0.3, 0.4) is 0 Å². The number of thioether (sulfide) groups is 1. The molecule has 0 atom stereocenters. The normalized spacial score (nSPS) is 11.1. The Balaban J connectivity index is 1.77. The second kappa shape index (κ2) is 7.60. The second-order valence-electron chi connectivity index (χ2n) is 5.41. The van der Waals surface area contributed by atoms with E-state index in [0.717, 1.165) is 22.4 Å². The molecule has 2 aromatic carbocycles. The Morgan fingerprint density at radius 3 is 2.76 bits per heavy atom. The first-order chi connectivity index (χ1) is 12.0. The summed E-state index contributed by atoms with van der Waals surface area (Å²) in [4.78, 5) is 0. The molecule has 0 radical (unpaired) electrons. The summed E-state index contributed by atoms with van der Waals surface area (Å²) in [5.41, 5.74) is 4.02. The number of halogens is 2. The average Bonchev–Trinajstić information content (AvgIpc) is 3.03. The molecule has 0 fully saturated rings. The van der Waals surface area contributed by atoms with Crippen LogP contribution in [0.2, 0.25) is 0 Å². The maximum Gasteiger partial charge on any atom is 0.387 e. The number of ether oxygens (including phenoxy) is 1. The number of aromatic nitrogens is 4. The number of rotatable bonds is 6. The van der Waals surface area contributed by atoms with Crippen LogP contribution in [0.15, 0.2) is 47.6 Å². The fourth-order valence-electron chi connectivity index (χ4n) is 2.34. The molecule has 0 aliphatic heterocycles. The van der Waals surface area contributed by atoms with Crippen molar-refractivity contribution in [3.8, 4) is 11.4 Å². The van der Waals surface area contributed by atoms with E-state index in [4.69, 9.17) is 0 Å². The molecule has 0 spiro atoms. The zero-order valence-corrected chi connectivity index (χ0v) is 14.5. The molecule has 0 aliphatic carbocycles. The van der Waals surface area contributed by atoms with E-state index in [0.29, 0.717) is 10.9 Å². The smallest absolute Gasteiger partial charge is 0.387 e. The van der Waals surface area contributed by atoms with Gasteiger partial charge in [-0.15, -0.1) is 5.10 Å². The minimum absolute atomic E-state index is 0.141. The summed E-state index contributed by atoms with van der Waals surface area (Å²) in [6.07, 6.45) is 0. The van der Waals surface area contributed by atoms with Crippen molar-refractivity contribution < 1.29 is 13.5 Å². The lowest BCUT2D eigenvalue weighted by atomic mass is 10.1. The summed E-state index contributed by atoms with van der Waals surface area (Å²) in [6, 6.07) is 12.6. The van der Waals surface area contributed by atoms with Crippen LogP contribution in [0.4, 0.5) is 8.78 Å². The van der Waals surface area contributed by atoms with E-state index < -0.39 is 6.61 Å². The summed E-state index contributed by atoms with van der Waals surface area (Å²) in [7, 11) is 0. The topological polar surface area (TPSA) is 52.8 Å². The molecule has 0 saturated carbocycles. The third-order valence-corrected chi connectivity index (χ3v) is 4.73. The van der Waals surface area contributed by atoms with Crippen molar-refractivity contribution in [1.29, 1.82) is 0 Å². The van der Waals surface area contributed by atoms with Crippen molar-refractivity contribution in [1.82, 2.24) is 20.2 Å². The van der Waals surface area contributed by atoms with Crippen molar-refractivity contribution in [3.05, 3.63) is 59.2 Å². The molecule has 1 heterocycles. The van der Waals surface area contributed by atoms with E-state index in [-0.39, 0.29) is 5.75 Å². The van der Waals surface area contributed by atoms with Gasteiger partial charge in [0.25, 0.3) is 0 Å². The summed E-state index contributed by atoms with van der Waals surface area (Å²) >= 11 is 1.43. The highest BCUT2D eigenvalue weighted by molar-refractivity contribution is 7.98. The van der Waals surface area contributed by atoms with Gasteiger partial charge in [-0.1, -0.05) is 36.0 Å². The fourth-order valence-corrected chi connectivity index (χ4v) is 3.17. The summed E-state index contributed by atoms with van der Waals surface area (Å²) < 4.78 is 30.7. The van der Waals surface area contributed by atoms with Crippen LogP contribution in [0, 0.1) is 13.8 Å². The number of alkyl halides is 2. The molecule has 0 amide bonds. The summed E-state index contributed by atoms with van der Waals surface area (Å²) in [5, 5.41) is 12.5. The molecule has 25 heavy (non-hydrogen) atoms. The van der Waals surface area contributed by atoms with Crippen molar-refractivity contribution in [2.75, 3.05) is 0 Å². The van der Waals surface area contributed by atoms with Gasteiger partial charge in [-0.3, -0.25) is 0 Å². The Bertz CT molecular complexity index is 869. The highest BCUT2D eigenvalue weighted by Crippen LogP contribution is 2.26. The number of benzene rings is 2. The van der Waals surface area contributed by atoms with E-state index in [1.807, 2.05) is 38.1 Å². The molecule has 8 heteroatoms. The number of aryl methyl sites for hydroxylation is 1. The van der Waals surface area contributed by atoms with Gasteiger partial charge in [0.15, 0.2) is 0 Å². The molecule has 0 N–H and O–H groups in total. The standard InChI is InChI=1S/C17H16F2N4OS/c1-11-5-3-8-15(12(11)2)23-17(20-21-22-23)25-10-13-6-4-7-14(9-13)24-16(18)19/h3-9,16H,10H2,1-2H3. The van der Waals surface area contributed by atoms with Gasteiger partial charge in [0, 0.05) is 5.75 Å². The minimum Gasteiger partial charge on any atom is -0.435 e. The van der Waals surface area contributed by atoms with Gasteiger partial charge >= 0.3 is 6.61 Å². The number of nitrogens with zero attached hydrogens (tertiary/aromatic N) is 4. The Hall–Kier alpha value is -2.48. The number of tetrazole rings is 1. The average molecular weight is 362 g/mol. The molecule has 0 bridgehead atoms. The van der Waals surface area contributed by atoms with E-state index >= 15 is 0 Å². The number of hydrogen-bond acceptors (Lipinski definition) is 5. The Morgan fingerprint density at radius 1 is 1.16 bits per heavy atom. The first-order valence-electron chi connectivity index (χ1n) is 7.56. The Labute approximate surface area is 148 Å². The van der Waals surface area contributed by atoms with E-state index in [2.05, 4.69) is 20.3 Å². The van der Waals surface area contributed by atoms with Crippen LogP contribution in [0.5, 0.6) is 5.75 Å². The first kappa shape index (κ1) is 17.3. The SMILES string of the molecule is Cc1cccc(-n2nnnc2SCc2cccc(OC(F)F)c2)c1C. The van der Waals surface area contributed by atoms with E-state index in [1.165, 1.54) is 17.8 Å². The van der Waals surface area contributed by atoms with Gasteiger partial charge in [-0.2, -0.15) is 13.5 Å². The van der Waals surface area contributed by atoms with Gasteiger partial charge < -0.3 is 4.74 Å². The Morgan fingerprint density at radius 2 is 1.96 bits per heavy atom. The van der Waals surface area contributed by atoms with Gasteiger partial charge in [0.1, 0.15) is 5.75 Å². The largest absolute Gasteiger partial charge is 0.435 e. The lowest BCUT2D eigenvalue weighted by molar-refractivity contribution is -0.0498. The molecule has 1 aromatic heterocycles. The van der Waals surface area contributed by atoms with Crippen LogP contribution in [-0.2, 0) is 5.75 Å². The second-order valence-corrected chi connectivity index (χ2v) is 6.35. The highest BCUT2D eigenvalue weighted by atomic mass is 32.2. The van der Waals surface area contributed by atoms with Crippen molar-refractivity contribution in [2.45, 2.75) is 31.4 Å². The van der Waals surface area contributed by atoms with E-state index in [1.54, 1.807) is 16.8 Å². The molecule has 3 aromatic rings. The zero-order valence-electron chi connectivity index (χ0n) is 13.7. The zero-order chi connectivity index (χ0) is 17.8. The van der Waals surface area contributed by atoms with Gasteiger partial charge in [0.2, 0.25) is 5.16 Å². The molecule has 3 rings (SSSR count). The lowest BCUT2D eigenvalue weighted by Crippen LogP contribution is -2.03. The van der Waals surface area contributed by atoms with Crippen LogP contribution < -0.4 is 4.74 Å². The van der Waals surface area contributed by atoms with Crippen LogP contribution in [0.1, 0.15) is 16.7 Å². The third-order valence-electron chi connectivity index (χ3n) is 3.74. The fraction of sp³-hybridized carbons (Fsp3) is 0.235. The van der Waals surface area contributed by atoms with Crippen LogP contribution in [0.25, 0.3) is 5.69 Å². The summed E-state index contributed by atoms with van der Waals surface area (Å²) in [6.45, 7) is 1.22. The van der Waals surface area contributed by atoms with Crippen LogP contribution in [-0.4, -0.2) is 26.8 Å². The summed E-state index contributed by atoms with van der Waals surface area (Å²) in [5.74, 6) is 0.674. The van der Waals surface area contributed by atoms with Crippen molar-refractivity contribution >= 4 is 11.8 Å². The predicted molar refractivity (Wildman–Crippen MR) is 91.3 cm³/mol. The lowest BCUT2D eigenvalue weighted by Gasteiger charge is -2.10. The molecule has 0 aliphatic rings. The van der Waals surface area contributed by atoms with Crippen molar-refractivity contribution in [2.24, 2.45) is 0 Å². The van der Waals surface area contributed by atoms with Gasteiger partial charge in [0.05, 0.1) is 5.69 Å². The Kier molecular flexibility index (Phi) is 5.28. The number of hydrogen-bond donors (Lipinski definition) is 0. The molecular formula is C17H16F2N4OS.